The van der Waals surface area contributed by atoms with Gasteiger partial charge in [0.1, 0.15) is 0 Å². The van der Waals surface area contributed by atoms with Crippen molar-refractivity contribution in [1.82, 2.24) is 4.90 Å². The van der Waals surface area contributed by atoms with Crippen molar-refractivity contribution in [3.05, 3.63) is 36.9 Å². The Balaban J connectivity index is 2.43. The van der Waals surface area contributed by atoms with Crippen molar-refractivity contribution in [1.29, 1.82) is 0 Å². The van der Waals surface area contributed by atoms with Gasteiger partial charge in [-0.15, -0.1) is 0 Å². The number of halogens is 1. The Kier molecular flexibility index (Phi) is 3.44. The number of hydrogen-bond donors (Lipinski definition) is 0. The molecule has 0 atom stereocenters. The maximum Gasteiger partial charge on any atom is 0.270 e. The first-order chi connectivity index (χ1) is 7.58. The normalized spacial score (nSPS) is 16.6. The predicted molar refractivity (Wildman–Crippen MR) is 70.7 cm³/mol. The lowest BCUT2D eigenvalue weighted by atomic mass is 10.0. The van der Waals surface area contributed by atoms with Crippen LogP contribution in [0.25, 0.3) is 0 Å². The van der Waals surface area contributed by atoms with Gasteiger partial charge in [-0.2, -0.15) is 0 Å². The van der Waals surface area contributed by atoms with Crippen molar-refractivity contribution in [2.45, 2.75) is 12.8 Å². The molecule has 0 saturated heterocycles. The number of hydrogen-bond acceptors (Lipinski definition) is 3. The summed E-state index contributed by atoms with van der Waals surface area (Å²) in [7, 11) is 2.09. The molecule has 0 fully saturated rings. The highest BCUT2D eigenvalue weighted by Gasteiger charge is 2.18. The number of fused-ring (bicyclic) bond motifs is 1. The summed E-state index contributed by atoms with van der Waals surface area (Å²) >= 11 is 2.20. The third kappa shape index (κ3) is 2.35. The third-order valence-corrected chi connectivity index (χ3v) is 3.95. The lowest BCUT2D eigenvalue weighted by molar-refractivity contribution is -0.385. The van der Waals surface area contributed by atoms with Crippen molar-refractivity contribution >= 4 is 28.3 Å². The molecule has 1 aromatic carbocycles. The van der Waals surface area contributed by atoms with Crippen molar-refractivity contribution in [3.8, 4) is 0 Å². The molecule has 1 aliphatic heterocycles. The Morgan fingerprint density at radius 1 is 1.38 bits per heavy atom. The van der Waals surface area contributed by atoms with E-state index in [1.807, 2.05) is 0 Å². The van der Waals surface area contributed by atoms with Crippen LogP contribution in [0.5, 0.6) is 0 Å². The second-order valence-electron chi connectivity index (χ2n) is 4.13. The lowest BCUT2D eigenvalue weighted by Gasteiger charge is -2.10. The first-order valence-electron chi connectivity index (χ1n) is 5.22. The molecule has 0 saturated carbocycles. The highest BCUT2D eigenvalue weighted by atomic mass is 127. The Hall–Kier alpha value is -0.690. The van der Waals surface area contributed by atoms with Gasteiger partial charge in [0.25, 0.3) is 5.69 Å². The lowest BCUT2D eigenvalue weighted by Crippen LogP contribution is -2.20. The zero-order valence-electron chi connectivity index (χ0n) is 9.07. The molecule has 0 radical (unpaired) electrons. The van der Waals surface area contributed by atoms with E-state index in [4.69, 9.17) is 0 Å². The number of nitrogens with zero attached hydrogens (tertiary/aromatic N) is 2. The average molecular weight is 332 g/mol. The number of nitro benzene ring substituents is 1. The molecule has 1 heterocycles. The highest BCUT2D eigenvalue weighted by molar-refractivity contribution is 14.1. The van der Waals surface area contributed by atoms with Crippen LogP contribution in [0.15, 0.2) is 12.1 Å². The summed E-state index contributed by atoms with van der Waals surface area (Å²) in [6.07, 6.45) is 1.89. The Morgan fingerprint density at radius 3 is 2.75 bits per heavy atom. The van der Waals surface area contributed by atoms with Gasteiger partial charge in [-0.1, -0.05) is 0 Å². The van der Waals surface area contributed by atoms with Gasteiger partial charge in [0.05, 0.1) is 4.92 Å². The molecule has 0 aliphatic carbocycles. The van der Waals surface area contributed by atoms with Gasteiger partial charge in [0.2, 0.25) is 0 Å². The monoisotopic (exact) mass is 332 g/mol. The molecule has 0 bridgehead atoms. The average Bonchev–Trinajstić information content (AvgIpc) is 2.41. The van der Waals surface area contributed by atoms with Crippen LogP contribution >= 0.6 is 22.6 Å². The summed E-state index contributed by atoms with van der Waals surface area (Å²) < 4.78 is 1.03. The van der Waals surface area contributed by atoms with E-state index in [1.54, 1.807) is 12.1 Å². The standard InChI is InChI=1S/C11H13IN2O2/c1-13-4-2-8-6-9(14(15)16)7-11(12)10(8)3-5-13/h6-7H,2-5H2,1H3. The minimum atomic E-state index is -0.308. The summed E-state index contributed by atoms with van der Waals surface area (Å²) in [4.78, 5) is 12.7. The minimum absolute atomic E-state index is 0.215. The molecule has 0 aromatic heterocycles. The van der Waals surface area contributed by atoms with Gasteiger partial charge in [-0.25, -0.2) is 0 Å². The molecule has 86 valence electrons. The summed E-state index contributed by atoms with van der Waals surface area (Å²) in [6.45, 7) is 2.01. The predicted octanol–water partition coefficient (Wildman–Crippen LogP) is 2.23. The number of benzene rings is 1. The maximum absolute atomic E-state index is 10.8. The smallest absolute Gasteiger partial charge is 0.270 e. The van der Waals surface area contributed by atoms with Crippen LogP contribution in [0.2, 0.25) is 0 Å². The van der Waals surface area contributed by atoms with Crippen LogP contribution in [0.1, 0.15) is 11.1 Å². The molecule has 0 amide bonds. The van der Waals surface area contributed by atoms with E-state index in [0.717, 1.165) is 35.1 Å². The molecular formula is C11H13IN2O2. The van der Waals surface area contributed by atoms with Crippen LogP contribution < -0.4 is 0 Å². The number of nitro groups is 1. The van der Waals surface area contributed by atoms with Crippen molar-refractivity contribution in [3.63, 3.8) is 0 Å². The van der Waals surface area contributed by atoms with Gasteiger partial charge >= 0.3 is 0 Å². The van der Waals surface area contributed by atoms with Gasteiger partial charge in [0, 0.05) is 28.8 Å². The highest BCUT2D eigenvalue weighted by Crippen LogP contribution is 2.26. The van der Waals surface area contributed by atoms with E-state index in [-0.39, 0.29) is 10.6 Å². The molecular weight excluding hydrogens is 319 g/mol. The van der Waals surface area contributed by atoms with E-state index in [9.17, 15) is 10.1 Å². The molecule has 2 rings (SSSR count). The van der Waals surface area contributed by atoms with Crippen LogP contribution in [0.4, 0.5) is 5.69 Å². The van der Waals surface area contributed by atoms with E-state index in [2.05, 4.69) is 34.5 Å². The van der Waals surface area contributed by atoms with E-state index >= 15 is 0 Å². The topological polar surface area (TPSA) is 46.4 Å². The van der Waals surface area contributed by atoms with Gasteiger partial charge < -0.3 is 4.90 Å². The summed E-state index contributed by atoms with van der Waals surface area (Å²) in [5, 5.41) is 10.8. The number of likely N-dealkylation sites (N-methyl/N-ethyl adjacent to an activating group) is 1. The van der Waals surface area contributed by atoms with Crippen molar-refractivity contribution in [2.75, 3.05) is 20.1 Å². The van der Waals surface area contributed by atoms with Crippen LogP contribution in [-0.4, -0.2) is 30.0 Å². The molecule has 16 heavy (non-hydrogen) atoms. The SMILES string of the molecule is CN1CCc2cc([N+](=O)[O-])cc(I)c2CC1. The molecule has 1 aliphatic rings. The Morgan fingerprint density at radius 2 is 2.06 bits per heavy atom. The fourth-order valence-electron chi connectivity index (χ4n) is 2.01. The Bertz CT molecular complexity index is 434. The largest absolute Gasteiger partial charge is 0.306 e. The zero-order valence-corrected chi connectivity index (χ0v) is 11.2. The summed E-state index contributed by atoms with van der Waals surface area (Å²) in [5.74, 6) is 0. The zero-order chi connectivity index (χ0) is 11.7. The van der Waals surface area contributed by atoms with E-state index < -0.39 is 0 Å². The summed E-state index contributed by atoms with van der Waals surface area (Å²) in [6, 6.07) is 3.40. The number of non-ortho nitro benzene ring substituents is 1. The second kappa shape index (κ2) is 4.67. The molecule has 1 aromatic rings. The fraction of sp³-hybridized carbons (Fsp3) is 0.455. The van der Waals surface area contributed by atoms with Crippen LogP contribution in [0.3, 0.4) is 0 Å². The molecule has 0 unspecified atom stereocenters. The quantitative estimate of drug-likeness (QED) is 0.450. The van der Waals surface area contributed by atoms with Gasteiger partial charge in [0.15, 0.2) is 0 Å². The molecule has 0 N–H and O–H groups in total. The van der Waals surface area contributed by atoms with Crippen LogP contribution in [0, 0.1) is 13.7 Å². The molecule has 4 nitrogen and oxygen atoms in total. The first kappa shape index (κ1) is 11.8. The van der Waals surface area contributed by atoms with Crippen molar-refractivity contribution in [2.24, 2.45) is 0 Å². The Labute approximate surface area is 108 Å². The second-order valence-corrected chi connectivity index (χ2v) is 5.29. The van der Waals surface area contributed by atoms with E-state index in [1.165, 1.54) is 5.56 Å². The fourth-order valence-corrected chi connectivity index (χ4v) is 2.95. The number of rotatable bonds is 1. The van der Waals surface area contributed by atoms with Crippen molar-refractivity contribution < 1.29 is 4.92 Å². The summed E-state index contributed by atoms with van der Waals surface area (Å²) in [5.41, 5.74) is 2.64. The first-order valence-corrected chi connectivity index (χ1v) is 6.30. The van der Waals surface area contributed by atoms with Gasteiger partial charge in [-0.05, 0) is 53.6 Å². The van der Waals surface area contributed by atoms with E-state index in [0.29, 0.717) is 0 Å². The molecule has 5 heteroatoms. The van der Waals surface area contributed by atoms with Crippen LogP contribution in [-0.2, 0) is 12.8 Å². The molecule has 0 spiro atoms. The third-order valence-electron chi connectivity index (χ3n) is 2.99. The maximum atomic E-state index is 10.8. The minimum Gasteiger partial charge on any atom is -0.306 e. The van der Waals surface area contributed by atoms with Gasteiger partial charge in [-0.3, -0.25) is 10.1 Å².